The summed E-state index contributed by atoms with van der Waals surface area (Å²) in [6.45, 7) is -0.456. The predicted molar refractivity (Wildman–Crippen MR) is 101 cm³/mol. The van der Waals surface area contributed by atoms with E-state index < -0.39 is 36.5 Å². The van der Waals surface area contributed by atoms with Gasteiger partial charge < -0.3 is 30.1 Å². The molecule has 0 unspecified atom stereocenters. The zero-order valence-electron chi connectivity index (χ0n) is 13.8. The van der Waals surface area contributed by atoms with Gasteiger partial charge in [0.15, 0.2) is 5.16 Å². The van der Waals surface area contributed by atoms with E-state index in [0.29, 0.717) is 9.80 Å². The summed E-state index contributed by atoms with van der Waals surface area (Å²) in [6.07, 6.45) is -0.601. The van der Waals surface area contributed by atoms with Gasteiger partial charge in [-0.3, -0.25) is 0 Å². The first-order chi connectivity index (χ1) is 12.5. The monoisotopic (exact) mass is 416 g/mol. The number of thiophene rings is 1. The van der Waals surface area contributed by atoms with E-state index in [4.69, 9.17) is 17.0 Å². The highest BCUT2D eigenvalue weighted by Gasteiger charge is 2.44. The Balaban J connectivity index is 1.64. The van der Waals surface area contributed by atoms with E-state index in [-0.39, 0.29) is 0 Å². The van der Waals surface area contributed by atoms with Crippen LogP contribution in [0.5, 0.6) is 0 Å². The van der Waals surface area contributed by atoms with E-state index >= 15 is 0 Å². The SMILES string of the molecule is OC[C@H]1O[C@@H](Sc2nc3sc4c(c3c(=S)[nH]2)CCCC4)[C@H](O)[C@@H](O)[C@@H]1O. The predicted octanol–water partition coefficient (Wildman–Crippen LogP) is 1.12. The molecule has 0 amide bonds. The number of aliphatic hydroxyl groups excluding tert-OH is 4. The highest BCUT2D eigenvalue weighted by molar-refractivity contribution is 7.99. The average Bonchev–Trinajstić information content (AvgIpc) is 3.01. The molecule has 5 N–H and O–H groups in total. The molecule has 2 aromatic rings. The Morgan fingerprint density at radius 1 is 1.19 bits per heavy atom. The van der Waals surface area contributed by atoms with Crippen molar-refractivity contribution >= 4 is 45.5 Å². The number of fused-ring (bicyclic) bond motifs is 3. The third-order valence-corrected chi connectivity index (χ3v) is 7.41. The van der Waals surface area contributed by atoms with Crippen LogP contribution in [0.1, 0.15) is 23.3 Å². The maximum Gasteiger partial charge on any atom is 0.170 e. The molecule has 2 aromatic heterocycles. The lowest BCUT2D eigenvalue weighted by Gasteiger charge is -2.39. The molecule has 10 heteroatoms. The van der Waals surface area contributed by atoms with Crippen LogP contribution in [-0.2, 0) is 17.6 Å². The highest BCUT2D eigenvalue weighted by atomic mass is 32.2. The zero-order chi connectivity index (χ0) is 18.4. The second kappa shape index (κ2) is 7.44. The number of hydrogen-bond acceptors (Lipinski definition) is 9. The minimum atomic E-state index is -1.40. The number of aromatic nitrogens is 2. The van der Waals surface area contributed by atoms with Crippen molar-refractivity contribution in [2.75, 3.05) is 6.61 Å². The second-order valence-corrected chi connectivity index (χ2v) is 9.16. The topological polar surface area (TPSA) is 119 Å². The molecule has 7 nitrogen and oxygen atoms in total. The number of rotatable bonds is 3. The van der Waals surface area contributed by atoms with E-state index in [2.05, 4.69) is 9.97 Å². The number of ether oxygens (including phenoxy) is 1. The standard InChI is InChI=1S/C16H20N2O5S3/c19-5-7-10(20)11(21)12(22)15(23-7)26-16-17-13(24)9-6-3-1-2-4-8(6)25-14(9)18-16/h7,10-12,15,19-22H,1-5H2,(H,17,18,24)/t7-,10-,11+,12-,15+/m1/s1. The van der Waals surface area contributed by atoms with Crippen molar-refractivity contribution < 1.29 is 25.2 Å². The lowest BCUT2D eigenvalue weighted by atomic mass is 9.97. The van der Waals surface area contributed by atoms with Crippen LogP contribution in [-0.4, -0.2) is 66.9 Å². The molecule has 0 aromatic carbocycles. The fraction of sp³-hybridized carbons (Fsp3) is 0.625. The molecule has 3 heterocycles. The molecule has 26 heavy (non-hydrogen) atoms. The lowest BCUT2D eigenvalue weighted by Crippen LogP contribution is -2.57. The van der Waals surface area contributed by atoms with Crippen LogP contribution in [0.2, 0.25) is 0 Å². The van der Waals surface area contributed by atoms with Crippen molar-refractivity contribution in [1.82, 2.24) is 9.97 Å². The van der Waals surface area contributed by atoms with Gasteiger partial charge in [-0.25, -0.2) is 4.98 Å². The molecule has 1 saturated heterocycles. The molecule has 1 fully saturated rings. The largest absolute Gasteiger partial charge is 0.394 e. The summed E-state index contributed by atoms with van der Waals surface area (Å²) < 4.78 is 6.14. The molecule has 5 atom stereocenters. The van der Waals surface area contributed by atoms with Crippen LogP contribution in [0.4, 0.5) is 0 Å². The fourth-order valence-electron chi connectivity index (χ4n) is 3.47. The summed E-state index contributed by atoms with van der Waals surface area (Å²) in [6, 6.07) is 0. The third-order valence-electron chi connectivity index (χ3n) is 4.88. The summed E-state index contributed by atoms with van der Waals surface area (Å²) in [7, 11) is 0. The van der Waals surface area contributed by atoms with E-state index in [9.17, 15) is 20.4 Å². The first kappa shape index (κ1) is 18.8. The van der Waals surface area contributed by atoms with Crippen molar-refractivity contribution in [1.29, 1.82) is 0 Å². The number of thioether (sulfide) groups is 1. The Labute approximate surface area is 163 Å². The molecule has 0 saturated carbocycles. The minimum Gasteiger partial charge on any atom is -0.394 e. The van der Waals surface area contributed by atoms with Crippen molar-refractivity contribution in [2.45, 2.75) is 60.7 Å². The highest BCUT2D eigenvalue weighted by Crippen LogP contribution is 2.38. The zero-order valence-corrected chi connectivity index (χ0v) is 16.2. The van der Waals surface area contributed by atoms with Gasteiger partial charge in [-0.1, -0.05) is 24.0 Å². The van der Waals surface area contributed by atoms with Gasteiger partial charge in [-0.2, -0.15) is 0 Å². The van der Waals surface area contributed by atoms with Crippen LogP contribution < -0.4 is 0 Å². The third kappa shape index (κ3) is 3.22. The average molecular weight is 417 g/mol. The molecule has 1 aliphatic carbocycles. The number of nitrogens with one attached hydrogen (secondary N) is 1. The molecule has 142 valence electrons. The van der Waals surface area contributed by atoms with Gasteiger partial charge in [0.25, 0.3) is 0 Å². The molecule has 1 aliphatic heterocycles. The lowest BCUT2D eigenvalue weighted by molar-refractivity contribution is -0.205. The fourth-order valence-corrected chi connectivity index (χ4v) is 6.27. The first-order valence-electron chi connectivity index (χ1n) is 8.51. The Bertz CT molecular complexity index is 867. The number of H-pyrrole nitrogens is 1. The molecule has 0 spiro atoms. The van der Waals surface area contributed by atoms with E-state index in [0.717, 1.165) is 41.2 Å². The van der Waals surface area contributed by atoms with Gasteiger partial charge in [-0.05, 0) is 31.2 Å². The van der Waals surface area contributed by atoms with Crippen molar-refractivity contribution in [2.24, 2.45) is 0 Å². The number of aromatic amines is 1. The van der Waals surface area contributed by atoms with Crippen LogP contribution in [0.15, 0.2) is 5.16 Å². The summed E-state index contributed by atoms with van der Waals surface area (Å²) >= 11 is 8.27. The molecule has 4 rings (SSSR count). The van der Waals surface area contributed by atoms with Crippen LogP contribution in [0.25, 0.3) is 10.2 Å². The van der Waals surface area contributed by atoms with Crippen LogP contribution in [0, 0.1) is 4.64 Å². The number of hydrogen-bond donors (Lipinski definition) is 5. The van der Waals surface area contributed by atoms with Crippen LogP contribution >= 0.6 is 35.3 Å². The smallest absolute Gasteiger partial charge is 0.170 e. The Kier molecular flexibility index (Phi) is 5.37. The quantitative estimate of drug-likeness (QED) is 0.373. The van der Waals surface area contributed by atoms with E-state index in [1.165, 1.54) is 16.9 Å². The number of nitrogens with zero attached hydrogens (tertiary/aromatic N) is 1. The summed E-state index contributed by atoms with van der Waals surface area (Å²) in [5, 5.41) is 40.8. The van der Waals surface area contributed by atoms with Gasteiger partial charge in [0.2, 0.25) is 0 Å². The number of aryl methyl sites for hydroxylation is 2. The molecule has 2 aliphatic rings. The first-order valence-corrected chi connectivity index (χ1v) is 10.6. The van der Waals surface area contributed by atoms with Gasteiger partial charge in [-0.15, -0.1) is 11.3 Å². The Hall–Kier alpha value is -0.590. The molecule has 0 bridgehead atoms. The number of aliphatic hydroxyl groups is 4. The van der Waals surface area contributed by atoms with E-state index in [1.807, 2.05) is 0 Å². The van der Waals surface area contributed by atoms with E-state index in [1.54, 1.807) is 11.3 Å². The van der Waals surface area contributed by atoms with Crippen molar-refractivity contribution in [3.05, 3.63) is 15.1 Å². The minimum absolute atomic E-state index is 0.456. The maximum absolute atomic E-state index is 10.2. The van der Waals surface area contributed by atoms with Crippen LogP contribution in [0.3, 0.4) is 0 Å². The summed E-state index contributed by atoms with van der Waals surface area (Å²) in [5.41, 5.74) is 0.421. The maximum atomic E-state index is 10.2. The van der Waals surface area contributed by atoms with Gasteiger partial charge >= 0.3 is 0 Å². The summed E-state index contributed by atoms with van der Waals surface area (Å²) in [5.74, 6) is 0. The normalized spacial score (nSPS) is 31.9. The van der Waals surface area contributed by atoms with Gasteiger partial charge in [0, 0.05) is 10.3 Å². The van der Waals surface area contributed by atoms with Crippen molar-refractivity contribution in [3.8, 4) is 0 Å². The Morgan fingerprint density at radius 2 is 1.96 bits per heavy atom. The second-order valence-electron chi connectivity index (χ2n) is 6.58. The summed E-state index contributed by atoms with van der Waals surface area (Å²) in [4.78, 5) is 9.92. The van der Waals surface area contributed by atoms with Gasteiger partial charge in [0.05, 0.1) is 6.61 Å². The molecule has 0 radical (unpaired) electrons. The molecular weight excluding hydrogens is 396 g/mol. The molecular formula is C16H20N2O5S3. The van der Waals surface area contributed by atoms with Crippen molar-refractivity contribution in [3.63, 3.8) is 0 Å². The Morgan fingerprint density at radius 3 is 2.73 bits per heavy atom. The van der Waals surface area contributed by atoms with Gasteiger partial charge in [0.1, 0.15) is 39.3 Å².